The first-order chi connectivity index (χ1) is 8.99. The standard InChI is InChI=1S/C15H29N3O/c1-11-6-7-12(9-14(11)16)15(19)18-8-4-5-13(10-18)17(2)3/h11-14H,4-10,16H2,1-3H3. The highest BCUT2D eigenvalue weighted by Crippen LogP contribution is 2.30. The number of hydrogen-bond acceptors (Lipinski definition) is 3. The third kappa shape index (κ3) is 3.48. The van der Waals surface area contributed by atoms with E-state index in [9.17, 15) is 4.79 Å². The second kappa shape index (κ2) is 6.23. The van der Waals surface area contributed by atoms with Gasteiger partial charge in [0.2, 0.25) is 5.91 Å². The predicted molar refractivity (Wildman–Crippen MR) is 77.8 cm³/mol. The molecule has 0 aromatic rings. The Morgan fingerprint density at radius 2 is 2.00 bits per heavy atom. The van der Waals surface area contributed by atoms with Crippen molar-refractivity contribution in [1.82, 2.24) is 9.80 Å². The summed E-state index contributed by atoms with van der Waals surface area (Å²) in [7, 11) is 4.22. The molecule has 2 N–H and O–H groups in total. The Labute approximate surface area is 117 Å². The van der Waals surface area contributed by atoms with Crippen molar-refractivity contribution in [2.45, 2.75) is 51.1 Å². The molecule has 2 aliphatic rings. The molecule has 4 unspecified atom stereocenters. The van der Waals surface area contributed by atoms with Gasteiger partial charge < -0.3 is 15.5 Å². The van der Waals surface area contributed by atoms with Crippen LogP contribution in [0.1, 0.15) is 39.0 Å². The lowest BCUT2D eigenvalue weighted by atomic mass is 9.79. The molecule has 1 heterocycles. The van der Waals surface area contributed by atoms with Crippen molar-refractivity contribution in [1.29, 1.82) is 0 Å². The molecule has 110 valence electrons. The number of carbonyl (C=O) groups is 1. The minimum absolute atomic E-state index is 0.173. The highest BCUT2D eigenvalue weighted by atomic mass is 16.2. The lowest BCUT2D eigenvalue weighted by Crippen LogP contribution is -2.50. The molecule has 0 aromatic heterocycles. The first-order valence-corrected chi connectivity index (χ1v) is 7.69. The normalized spacial score (nSPS) is 36.6. The van der Waals surface area contributed by atoms with Crippen LogP contribution in [0, 0.1) is 11.8 Å². The molecule has 4 atom stereocenters. The van der Waals surface area contributed by atoms with Gasteiger partial charge in [-0.15, -0.1) is 0 Å². The number of nitrogens with two attached hydrogens (primary N) is 1. The monoisotopic (exact) mass is 267 g/mol. The van der Waals surface area contributed by atoms with E-state index in [-0.39, 0.29) is 12.0 Å². The van der Waals surface area contributed by atoms with Crippen LogP contribution in [-0.4, -0.2) is 55.0 Å². The Kier molecular flexibility index (Phi) is 4.85. The molecule has 0 spiro atoms. The Balaban J connectivity index is 1.92. The SMILES string of the molecule is CC1CCC(C(=O)N2CCCC(N(C)C)C2)CC1N. The van der Waals surface area contributed by atoms with E-state index >= 15 is 0 Å². The van der Waals surface area contributed by atoms with Crippen LogP contribution in [-0.2, 0) is 4.79 Å². The van der Waals surface area contributed by atoms with Crippen LogP contribution in [0.25, 0.3) is 0 Å². The molecular weight excluding hydrogens is 238 g/mol. The average molecular weight is 267 g/mol. The largest absolute Gasteiger partial charge is 0.341 e. The predicted octanol–water partition coefficient (Wildman–Crippen LogP) is 1.30. The van der Waals surface area contributed by atoms with Gasteiger partial charge >= 0.3 is 0 Å². The molecule has 2 fully saturated rings. The van der Waals surface area contributed by atoms with E-state index in [0.717, 1.165) is 38.8 Å². The number of likely N-dealkylation sites (N-methyl/N-ethyl adjacent to an activating group) is 1. The van der Waals surface area contributed by atoms with Crippen molar-refractivity contribution in [3.63, 3.8) is 0 Å². The highest BCUT2D eigenvalue weighted by Gasteiger charge is 2.34. The fourth-order valence-corrected chi connectivity index (χ4v) is 3.42. The summed E-state index contributed by atoms with van der Waals surface area (Å²) in [6.07, 6.45) is 5.34. The van der Waals surface area contributed by atoms with Crippen molar-refractivity contribution < 1.29 is 4.79 Å². The topological polar surface area (TPSA) is 49.6 Å². The van der Waals surface area contributed by atoms with Gasteiger partial charge in [-0.2, -0.15) is 0 Å². The lowest BCUT2D eigenvalue weighted by Gasteiger charge is -2.39. The summed E-state index contributed by atoms with van der Waals surface area (Å²) < 4.78 is 0. The van der Waals surface area contributed by atoms with E-state index in [2.05, 4.69) is 30.8 Å². The molecule has 1 aliphatic heterocycles. The van der Waals surface area contributed by atoms with E-state index in [1.807, 2.05) is 0 Å². The first kappa shape index (κ1) is 14.8. The molecule has 1 amide bonds. The van der Waals surface area contributed by atoms with Crippen LogP contribution in [0.4, 0.5) is 0 Å². The minimum Gasteiger partial charge on any atom is -0.341 e. The second-order valence-corrected chi connectivity index (χ2v) is 6.70. The zero-order valence-corrected chi connectivity index (χ0v) is 12.6. The minimum atomic E-state index is 0.173. The van der Waals surface area contributed by atoms with Crippen molar-refractivity contribution >= 4 is 5.91 Å². The van der Waals surface area contributed by atoms with Gasteiger partial charge in [-0.25, -0.2) is 0 Å². The molecule has 4 heteroatoms. The van der Waals surface area contributed by atoms with Gasteiger partial charge in [-0.1, -0.05) is 6.92 Å². The van der Waals surface area contributed by atoms with Crippen LogP contribution in [0.5, 0.6) is 0 Å². The summed E-state index contributed by atoms with van der Waals surface area (Å²) >= 11 is 0. The number of rotatable bonds is 2. The van der Waals surface area contributed by atoms with Crippen LogP contribution in [0.15, 0.2) is 0 Å². The molecule has 0 aromatic carbocycles. The van der Waals surface area contributed by atoms with E-state index in [4.69, 9.17) is 5.73 Å². The van der Waals surface area contributed by atoms with Gasteiger partial charge in [0, 0.05) is 31.1 Å². The molecular formula is C15H29N3O. The van der Waals surface area contributed by atoms with Crippen molar-refractivity contribution in [2.75, 3.05) is 27.2 Å². The molecule has 1 saturated heterocycles. The summed E-state index contributed by atoms with van der Waals surface area (Å²) in [6.45, 7) is 4.03. The van der Waals surface area contributed by atoms with Crippen LogP contribution >= 0.6 is 0 Å². The van der Waals surface area contributed by atoms with Crippen LogP contribution in [0.2, 0.25) is 0 Å². The number of amides is 1. The van der Waals surface area contributed by atoms with Gasteiger partial charge in [0.1, 0.15) is 0 Å². The number of carbonyl (C=O) groups excluding carboxylic acids is 1. The quantitative estimate of drug-likeness (QED) is 0.820. The zero-order chi connectivity index (χ0) is 14.0. The number of piperidine rings is 1. The maximum Gasteiger partial charge on any atom is 0.225 e. The van der Waals surface area contributed by atoms with Crippen LogP contribution < -0.4 is 5.73 Å². The Hall–Kier alpha value is -0.610. The molecule has 0 radical (unpaired) electrons. The smallest absolute Gasteiger partial charge is 0.225 e. The third-order valence-corrected chi connectivity index (χ3v) is 5.05. The average Bonchev–Trinajstić information content (AvgIpc) is 2.41. The van der Waals surface area contributed by atoms with Crippen molar-refractivity contribution in [3.05, 3.63) is 0 Å². The maximum absolute atomic E-state index is 12.6. The van der Waals surface area contributed by atoms with E-state index in [0.29, 0.717) is 17.9 Å². The first-order valence-electron chi connectivity index (χ1n) is 7.69. The second-order valence-electron chi connectivity index (χ2n) is 6.70. The maximum atomic E-state index is 12.6. The van der Waals surface area contributed by atoms with E-state index < -0.39 is 0 Å². The van der Waals surface area contributed by atoms with Gasteiger partial charge in [0.15, 0.2) is 0 Å². The Morgan fingerprint density at radius 3 is 2.63 bits per heavy atom. The van der Waals surface area contributed by atoms with Gasteiger partial charge in [0.05, 0.1) is 0 Å². The molecule has 19 heavy (non-hydrogen) atoms. The van der Waals surface area contributed by atoms with Crippen molar-refractivity contribution in [2.24, 2.45) is 17.6 Å². The highest BCUT2D eigenvalue weighted by molar-refractivity contribution is 5.79. The summed E-state index contributed by atoms with van der Waals surface area (Å²) in [6, 6.07) is 0.728. The van der Waals surface area contributed by atoms with Gasteiger partial charge in [-0.05, 0) is 52.1 Å². The fraction of sp³-hybridized carbons (Fsp3) is 0.933. The zero-order valence-electron chi connectivity index (χ0n) is 12.6. The van der Waals surface area contributed by atoms with Gasteiger partial charge in [0.25, 0.3) is 0 Å². The summed E-state index contributed by atoms with van der Waals surface area (Å²) in [5, 5.41) is 0. The Morgan fingerprint density at radius 1 is 1.26 bits per heavy atom. The number of hydrogen-bond donors (Lipinski definition) is 1. The van der Waals surface area contributed by atoms with Gasteiger partial charge in [-0.3, -0.25) is 4.79 Å². The summed E-state index contributed by atoms with van der Waals surface area (Å²) in [5.74, 6) is 1.10. The molecule has 1 saturated carbocycles. The lowest BCUT2D eigenvalue weighted by molar-refractivity contribution is -0.139. The summed E-state index contributed by atoms with van der Waals surface area (Å²) in [5.41, 5.74) is 6.13. The van der Waals surface area contributed by atoms with E-state index in [1.54, 1.807) is 0 Å². The van der Waals surface area contributed by atoms with Crippen LogP contribution in [0.3, 0.4) is 0 Å². The van der Waals surface area contributed by atoms with Crippen molar-refractivity contribution in [3.8, 4) is 0 Å². The molecule has 1 aliphatic carbocycles. The molecule has 0 bridgehead atoms. The number of likely N-dealkylation sites (tertiary alicyclic amines) is 1. The van der Waals surface area contributed by atoms with E-state index in [1.165, 1.54) is 6.42 Å². The Bertz CT molecular complexity index is 319. The molecule has 2 rings (SSSR count). The summed E-state index contributed by atoms with van der Waals surface area (Å²) in [4.78, 5) is 17.0. The number of nitrogens with zero attached hydrogens (tertiary/aromatic N) is 2. The molecule has 4 nitrogen and oxygen atoms in total. The fourth-order valence-electron chi connectivity index (χ4n) is 3.42. The third-order valence-electron chi connectivity index (χ3n) is 5.05.